The molecule has 24 heavy (non-hydrogen) atoms. The van der Waals surface area contributed by atoms with Gasteiger partial charge in [-0.3, -0.25) is 4.79 Å². The third-order valence-electron chi connectivity index (χ3n) is 3.99. The van der Waals surface area contributed by atoms with Crippen molar-refractivity contribution in [1.82, 2.24) is 0 Å². The molecule has 2 aromatic rings. The molecule has 0 aromatic heterocycles. The number of nitrogens with two attached hydrogens (primary N) is 1. The van der Waals surface area contributed by atoms with Crippen molar-refractivity contribution in [2.75, 3.05) is 11.1 Å². The fourth-order valence-electron chi connectivity index (χ4n) is 2.21. The van der Waals surface area contributed by atoms with Crippen molar-refractivity contribution >= 4 is 33.2 Å². The highest BCUT2D eigenvalue weighted by atomic mass is 79.9. The summed E-state index contributed by atoms with van der Waals surface area (Å²) in [5.41, 5.74) is 10.3. The Labute approximate surface area is 151 Å². The number of nitrogens with one attached hydrogen (secondary N) is 1. The van der Waals surface area contributed by atoms with Crippen LogP contribution in [0.5, 0.6) is 5.75 Å². The molecule has 4 nitrogen and oxygen atoms in total. The topological polar surface area (TPSA) is 64.3 Å². The first-order valence-electron chi connectivity index (χ1n) is 7.88. The molecule has 0 bridgehead atoms. The second-order valence-corrected chi connectivity index (χ2v) is 6.89. The molecule has 0 aliphatic heterocycles. The molecule has 5 heteroatoms. The lowest BCUT2D eigenvalue weighted by molar-refractivity contribution is -0.118. The number of hydrogen-bond donors (Lipinski definition) is 2. The third-order valence-corrected chi connectivity index (χ3v) is 4.94. The monoisotopic (exact) mass is 390 g/mol. The van der Waals surface area contributed by atoms with Gasteiger partial charge in [0.2, 0.25) is 5.91 Å². The summed E-state index contributed by atoms with van der Waals surface area (Å²) in [6.45, 7) is 7.98. The Bertz CT molecular complexity index is 743. The number of hydrogen-bond acceptors (Lipinski definition) is 3. The molecule has 0 radical (unpaired) electrons. The molecule has 0 fully saturated rings. The number of halogens is 1. The van der Waals surface area contributed by atoms with Crippen LogP contribution in [0.3, 0.4) is 0 Å². The fourth-order valence-corrected chi connectivity index (χ4v) is 2.82. The number of ether oxygens (including phenoxy) is 1. The molecule has 128 valence electrons. The van der Waals surface area contributed by atoms with Crippen molar-refractivity contribution in [2.45, 2.75) is 34.3 Å². The van der Waals surface area contributed by atoms with Gasteiger partial charge in [0.25, 0.3) is 0 Å². The lowest BCUT2D eigenvalue weighted by atomic mass is 10.0. The smallest absolute Gasteiger partial charge is 0.227 e. The van der Waals surface area contributed by atoms with Gasteiger partial charge >= 0.3 is 0 Å². The van der Waals surface area contributed by atoms with Crippen molar-refractivity contribution in [3.63, 3.8) is 0 Å². The van der Waals surface area contributed by atoms with E-state index in [0.29, 0.717) is 23.7 Å². The Balaban J connectivity index is 2.41. The van der Waals surface area contributed by atoms with Crippen LogP contribution in [0.2, 0.25) is 0 Å². The van der Waals surface area contributed by atoms with Crippen molar-refractivity contribution < 1.29 is 9.53 Å². The lowest BCUT2D eigenvalue weighted by Gasteiger charge is -2.21. The molecule has 0 saturated heterocycles. The highest BCUT2D eigenvalue weighted by Gasteiger charge is 2.21. The van der Waals surface area contributed by atoms with Gasteiger partial charge in [-0.1, -0.05) is 44.2 Å². The minimum atomic E-state index is -0.147. The van der Waals surface area contributed by atoms with Crippen LogP contribution in [-0.2, 0) is 11.4 Å². The first-order chi connectivity index (χ1) is 11.3. The van der Waals surface area contributed by atoms with Gasteiger partial charge in [-0.15, -0.1) is 0 Å². The SMILES string of the molecule is Cc1c(C)c(Br)c(OCc2ccccc2)c(NC(=O)C(C)C)c1N. The summed E-state index contributed by atoms with van der Waals surface area (Å²) in [5, 5.41) is 2.90. The third kappa shape index (κ3) is 3.90. The van der Waals surface area contributed by atoms with E-state index in [4.69, 9.17) is 10.5 Å². The average Bonchev–Trinajstić information content (AvgIpc) is 2.58. The molecule has 0 atom stereocenters. The number of anilines is 2. The van der Waals surface area contributed by atoms with Crippen LogP contribution < -0.4 is 15.8 Å². The number of nitrogen functional groups attached to an aromatic ring is 1. The van der Waals surface area contributed by atoms with E-state index in [1.807, 2.05) is 58.0 Å². The van der Waals surface area contributed by atoms with Crippen LogP contribution in [0.25, 0.3) is 0 Å². The van der Waals surface area contributed by atoms with E-state index in [2.05, 4.69) is 21.2 Å². The Morgan fingerprint density at radius 1 is 1.21 bits per heavy atom. The predicted octanol–water partition coefficient (Wildman–Crippen LogP) is 4.82. The van der Waals surface area contributed by atoms with Gasteiger partial charge in [0.15, 0.2) is 5.75 Å². The molecule has 0 heterocycles. The normalized spacial score (nSPS) is 10.8. The van der Waals surface area contributed by atoms with Gasteiger partial charge in [0.05, 0.1) is 10.2 Å². The van der Waals surface area contributed by atoms with Crippen molar-refractivity contribution in [1.29, 1.82) is 0 Å². The van der Waals surface area contributed by atoms with E-state index >= 15 is 0 Å². The van der Waals surface area contributed by atoms with E-state index in [1.54, 1.807) is 0 Å². The van der Waals surface area contributed by atoms with Crippen LogP contribution in [0.4, 0.5) is 11.4 Å². The number of carbonyl (C=O) groups is 1. The van der Waals surface area contributed by atoms with E-state index in [9.17, 15) is 4.79 Å². The van der Waals surface area contributed by atoms with E-state index < -0.39 is 0 Å². The Morgan fingerprint density at radius 2 is 1.83 bits per heavy atom. The summed E-state index contributed by atoms with van der Waals surface area (Å²) in [5.74, 6) is 0.321. The van der Waals surface area contributed by atoms with E-state index in [0.717, 1.165) is 21.2 Å². The molecule has 2 aromatic carbocycles. The van der Waals surface area contributed by atoms with Gasteiger partial charge in [-0.05, 0) is 46.5 Å². The van der Waals surface area contributed by atoms with Gasteiger partial charge in [-0.25, -0.2) is 0 Å². The zero-order valence-electron chi connectivity index (χ0n) is 14.4. The largest absolute Gasteiger partial charge is 0.485 e. The maximum Gasteiger partial charge on any atom is 0.227 e. The molecule has 0 spiro atoms. The van der Waals surface area contributed by atoms with Crippen molar-refractivity contribution in [3.8, 4) is 5.75 Å². The second kappa shape index (κ2) is 7.71. The highest BCUT2D eigenvalue weighted by Crippen LogP contribution is 2.43. The summed E-state index contributed by atoms with van der Waals surface area (Å²) in [7, 11) is 0. The van der Waals surface area contributed by atoms with E-state index in [-0.39, 0.29) is 11.8 Å². The number of carbonyl (C=O) groups excluding carboxylic acids is 1. The standard InChI is InChI=1S/C19H23BrN2O2/c1-11(2)19(23)22-17-16(21)13(4)12(3)15(20)18(17)24-10-14-8-6-5-7-9-14/h5-9,11H,10,21H2,1-4H3,(H,22,23). The quantitative estimate of drug-likeness (QED) is 0.719. The Morgan fingerprint density at radius 3 is 2.42 bits per heavy atom. The second-order valence-electron chi connectivity index (χ2n) is 6.10. The predicted molar refractivity (Wildman–Crippen MR) is 102 cm³/mol. The van der Waals surface area contributed by atoms with Crippen LogP contribution >= 0.6 is 15.9 Å². The molecule has 0 aliphatic carbocycles. The van der Waals surface area contributed by atoms with Crippen LogP contribution in [-0.4, -0.2) is 5.91 Å². The van der Waals surface area contributed by atoms with E-state index in [1.165, 1.54) is 0 Å². The van der Waals surface area contributed by atoms with Gasteiger partial charge in [-0.2, -0.15) is 0 Å². The number of benzene rings is 2. The number of amides is 1. The average molecular weight is 391 g/mol. The number of rotatable bonds is 5. The van der Waals surface area contributed by atoms with Crippen molar-refractivity contribution in [3.05, 3.63) is 51.5 Å². The molecule has 0 unspecified atom stereocenters. The first kappa shape index (κ1) is 18.3. The molecule has 1 amide bonds. The Kier molecular flexibility index (Phi) is 5.89. The van der Waals surface area contributed by atoms with Crippen LogP contribution in [0.15, 0.2) is 34.8 Å². The zero-order valence-corrected chi connectivity index (χ0v) is 16.0. The lowest BCUT2D eigenvalue weighted by Crippen LogP contribution is -2.20. The van der Waals surface area contributed by atoms with Crippen LogP contribution in [0.1, 0.15) is 30.5 Å². The maximum atomic E-state index is 12.2. The molecule has 0 aliphatic rings. The molecular formula is C19H23BrN2O2. The summed E-state index contributed by atoms with van der Waals surface area (Å²) in [6.07, 6.45) is 0. The van der Waals surface area contributed by atoms with Gasteiger partial charge in [0.1, 0.15) is 12.3 Å². The minimum Gasteiger partial charge on any atom is -0.485 e. The minimum absolute atomic E-state index is 0.0959. The van der Waals surface area contributed by atoms with Gasteiger partial charge < -0.3 is 15.8 Å². The summed E-state index contributed by atoms with van der Waals surface area (Å²) in [4.78, 5) is 12.2. The summed E-state index contributed by atoms with van der Waals surface area (Å²) < 4.78 is 6.82. The van der Waals surface area contributed by atoms with Crippen molar-refractivity contribution in [2.24, 2.45) is 5.92 Å². The van der Waals surface area contributed by atoms with Crippen LogP contribution in [0, 0.1) is 19.8 Å². The highest BCUT2D eigenvalue weighted by molar-refractivity contribution is 9.10. The summed E-state index contributed by atoms with van der Waals surface area (Å²) in [6, 6.07) is 9.87. The molecular weight excluding hydrogens is 368 g/mol. The maximum absolute atomic E-state index is 12.2. The molecule has 0 saturated carbocycles. The molecule has 2 rings (SSSR count). The fraction of sp³-hybridized carbons (Fsp3) is 0.316. The Hall–Kier alpha value is -2.01. The summed E-state index contributed by atoms with van der Waals surface area (Å²) >= 11 is 3.58. The zero-order chi connectivity index (χ0) is 17.9. The van der Waals surface area contributed by atoms with Gasteiger partial charge in [0, 0.05) is 5.92 Å². The molecule has 3 N–H and O–H groups in total. The first-order valence-corrected chi connectivity index (χ1v) is 8.68.